The fraction of sp³-hybridized carbons (Fsp3) is 0.300. The summed E-state index contributed by atoms with van der Waals surface area (Å²) >= 11 is 0. The summed E-state index contributed by atoms with van der Waals surface area (Å²) in [6.07, 6.45) is 3.46. The van der Waals surface area contributed by atoms with Crippen molar-refractivity contribution in [2.45, 2.75) is 20.0 Å². The highest BCUT2D eigenvalue weighted by molar-refractivity contribution is 5.17. The van der Waals surface area contributed by atoms with Crippen LogP contribution < -0.4 is 5.73 Å². The molecule has 2 heterocycles. The number of hydrogen-bond donors (Lipinski definition) is 1. The summed E-state index contributed by atoms with van der Waals surface area (Å²) in [5.41, 5.74) is 7.59. The molecule has 2 N–H and O–H groups in total. The lowest BCUT2D eigenvalue weighted by Gasteiger charge is -2.03. The summed E-state index contributed by atoms with van der Waals surface area (Å²) < 4.78 is 1.75. The van der Waals surface area contributed by atoms with Crippen LogP contribution in [0.3, 0.4) is 0 Å². The SMILES string of the molecule is Cc1cccnc1Cn1cnc(CN)n1. The highest BCUT2D eigenvalue weighted by Crippen LogP contribution is 2.04. The Morgan fingerprint density at radius 2 is 2.27 bits per heavy atom. The number of aryl methyl sites for hydroxylation is 1. The van der Waals surface area contributed by atoms with E-state index in [0.717, 1.165) is 11.3 Å². The topological polar surface area (TPSA) is 69.6 Å². The van der Waals surface area contributed by atoms with E-state index in [2.05, 4.69) is 15.1 Å². The minimum absolute atomic E-state index is 0.369. The van der Waals surface area contributed by atoms with Gasteiger partial charge in [-0.05, 0) is 18.6 Å². The summed E-state index contributed by atoms with van der Waals surface area (Å²) in [5.74, 6) is 0.656. The molecule has 0 atom stereocenters. The summed E-state index contributed by atoms with van der Waals surface area (Å²) in [6.45, 7) is 3.04. The van der Waals surface area contributed by atoms with Crippen LogP contribution in [-0.2, 0) is 13.1 Å². The zero-order valence-corrected chi connectivity index (χ0v) is 8.59. The Bertz CT molecular complexity index is 449. The molecule has 0 unspecified atom stereocenters. The van der Waals surface area contributed by atoms with E-state index in [4.69, 9.17) is 5.73 Å². The molecule has 0 aromatic carbocycles. The van der Waals surface area contributed by atoms with Crippen molar-refractivity contribution in [1.82, 2.24) is 19.7 Å². The van der Waals surface area contributed by atoms with Crippen LogP contribution in [0.25, 0.3) is 0 Å². The summed E-state index contributed by atoms with van der Waals surface area (Å²) in [4.78, 5) is 8.35. The Labute approximate surface area is 88.0 Å². The highest BCUT2D eigenvalue weighted by atomic mass is 15.3. The van der Waals surface area contributed by atoms with E-state index >= 15 is 0 Å². The van der Waals surface area contributed by atoms with Gasteiger partial charge in [0.25, 0.3) is 0 Å². The molecule has 0 fully saturated rings. The Morgan fingerprint density at radius 3 is 2.93 bits per heavy atom. The molecule has 0 aliphatic heterocycles. The van der Waals surface area contributed by atoms with Crippen LogP contribution in [0.5, 0.6) is 0 Å². The molecule has 0 radical (unpaired) electrons. The molecule has 5 heteroatoms. The van der Waals surface area contributed by atoms with E-state index < -0.39 is 0 Å². The quantitative estimate of drug-likeness (QED) is 0.788. The fourth-order valence-electron chi connectivity index (χ4n) is 1.34. The second kappa shape index (κ2) is 4.18. The zero-order valence-electron chi connectivity index (χ0n) is 8.59. The van der Waals surface area contributed by atoms with Crippen molar-refractivity contribution in [3.63, 3.8) is 0 Å². The number of nitrogens with zero attached hydrogens (tertiary/aromatic N) is 4. The maximum atomic E-state index is 5.43. The van der Waals surface area contributed by atoms with Gasteiger partial charge in [0.1, 0.15) is 6.33 Å². The number of nitrogens with two attached hydrogens (primary N) is 1. The Balaban J connectivity index is 2.18. The van der Waals surface area contributed by atoms with Gasteiger partial charge < -0.3 is 5.73 Å². The maximum Gasteiger partial charge on any atom is 0.164 e. The van der Waals surface area contributed by atoms with Crippen LogP contribution in [0, 0.1) is 6.92 Å². The van der Waals surface area contributed by atoms with Gasteiger partial charge in [0, 0.05) is 6.20 Å². The molecule has 0 aliphatic rings. The highest BCUT2D eigenvalue weighted by Gasteiger charge is 2.02. The first-order valence-electron chi connectivity index (χ1n) is 4.78. The Kier molecular flexibility index (Phi) is 2.73. The zero-order chi connectivity index (χ0) is 10.7. The van der Waals surface area contributed by atoms with Gasteiger partial charge in [-0.2, -0.15) is 5.10 Å². The number of rotatable bonds is 3. The maximum absolute atomic E-state index is 5.43. The molecule has 0 saturated carbocycles. The average molecular weight is 203 g/mol. The van der Waals surface area contributed by atoms with E-state index in [9.17, 15) is 0 Å². The van der Waals surface area contributed by atoms with Crippen LogP contribution in [0.15, 0.2) is 24.7 Å². The van der Waals surface area contributed by atoms with Gasteiger partial charge in [0.2, 0.25) is 0 Å². The third-order valence-electron chi connectivity index (χ3n) is 2.20. The molecule has 0 aliphatic carbocycles. The van der Waals surface area contributed by atoms with Crippen molar-refractivity contribution >= 4 is 0 Å². The van der Waals surface area contributed by atoms with Crippen LogP contribution >= 0.6 is 0 Å². The van der Waals surface area contributed by atoms with Gasteiger partial charge in [0.15, 0.2) is 5.82 Å². The predicted molar refractivity (Wildman–Crippen MR) is 56.0 cm³/mol. The lowest BCUT2D eigenvalue weighted by atomic mass is 10.2. The van der Waals surface area contributed by atoms with Gasteiger partial charge in [-0.3, -0.25) is 4.98 Å². The predicted octanol–water partition coefficient (Wildman–Crippen LogP) is 0.489. The molecule has 15 heavy (non-hydrogen) atoms. The standard InChI is InChI=1S/C10H13N5/c1-8-3-2-4-12-9(8)6-15-7-13-10(5-11)14-15/h2-4,7H,5-6,11H2,1H3. The lowest BCUT2D eigenvalue weighted by molar-refractivity contribution is 0.656. The molecule has 2 rings (SSSR count). The molecule has 2 aromatic heterocycles. The molecular formula is C10H13N5. The van der Waals surface area contributed by atoms with Gasteiger partial charge in [-0.25, -0.2) is 9.67 Å². The summed E-state index contributed by atoms with van der Waals surface area (Å²) in [7, 11) is 0. The van der Waals surface area contributed by atoms with Crippen molar-refractivity contribution in [3.05, 3.63) is 41.7 Å². The van der Waals surface area contributed by atoms with Crippen LogP contribution in [0.2, 0.25) is 0 Å². The molecule has 0 bridgehead atoms. The van der Waals surface area contributed by atoms with E-state index in [1.807, 2.05) is 19.1 Å². The average Bonchev–Trinajstić information content (AvgIpc) is 2.69. The van der Waals surface area contributed by atoms with Crippen molar-refractivity contribution in [2.24, 2.45) is 5.73 Å². The summed E-state index contributed by atoms with van der Waals surface area (Å²) in [6, 6.07) is 3.95. The smallest absolute Gasteiger partial charge is 0.164 e. The van der Waals surface area contributed by atoms with Crippen LogP contribution in [0.4, 0.5) is 0 Å². The normalized spacial score (nSPS) is 10.5. The first kappa shape index (κ1) is 9.79. The molecular weight excluding hydrogens is 190 g/mol. The molecule has 5 nitrogen and oxygen atoms in total. The second-order valence-electron chi connectivity index (χ2n) is 3.33. The van der Waals surface area contributed by atoms with Gasteiger partial charge in [-0.1, -0.05) is 6.07 Å². The molecule has 0 spiro atoms. The third kappa shape index (κ3) is 2.19. The van der Waals surface area contributed by atoms with Crippen molar-refractivity contribution < 1.29 is 0 Å². The minimum atomic E-state index is 0.369. The Hall–Kier alpha value is -1.75. The van der Waals surface area contributed by atoms with Crippen LogP contribution in [0.1, 0.15) is 17.1 Å². The van der Waals surface area contributed by atoms with Crippen molar-refractivity contribution in [1.29, 1.82) is 0 Å². The van der Waals surface area contributed by atoms with E-state index in [-0.39, 0.29) is 0 Å². The molecule has 0 saturated heterocycles. The lowest BCUT2D eigenvalue weighted by Crippen LogP contribution is -2.06. The van der Waals surface area contributed by atoms with Crippen LogP contribution in [-0.4, -0.2) is 19.7 Å². The third-order valence-corrected chi connectivity index (χ3v) is 2.20. The monoisotopic (exact) mass is 203 g/mol. The number of aromatic nitrogens is 4. The van der Waals surface area contributed by atoms with E-state index in [1.54, 1.807) is 17.2 Å². The van der Waals surface area contributed by atoms with Gasteiger partial charge >= 0.3 is 0 Å². The molecule has 0 amide bonds. The number of pyridine rings is 1. The first-order chi connectivity index (χ1) is 7.29. The van der Waals surface area contributed by atoms with Crippen molar-refractivity contribution in [2.75, 3.05) is 0 Å². The second-order valence-corrected chi connectivity index (χ2v) is 3.33. The number of hydrogen-bond acceptors (Lipinski definition) is 4. The largest absolute Gasteiger partial charge is 0.324 e. The van der Waals surface area contributed by atoms with E-state index in [1.165, 1.54) is 0 Å². The van der Waals surface area contributed by atoms with E-state index in [0.29, 0.717) is 18.9 Å². The minimum Gasteiger partial charge on any atom is -0.324 e. The molecule has 78 valence electrons. The molecule has 2 aromatic rings. The van der Waals surface area contributed by atoms with Gasteiger partial charge in [0.05, 0.1) is 18.8 Å². The summed E-state index contributed by atoms with van der Waals surface area (Å²) in [5, 5.41) is 4.21. The fourth-order valence-corrected chi connectivity index (χ4v) is 1.34. The van der Waals surface area contributed by atoms with Crippen molar-refractivity contribution in [3.8, 4) is 0 Å². The Morgan fingerprint density at radius 1 is 1.40 bits per heavy atom. The first-order valence-corrected chi connectivity index (χ1v) is 4.78. The van der Waals surface area contributed by atoms with Gasteiger partial charge in [-0.15, -0.1) is 0 Å².